The average Bonchev–Trinajstić information content (AvgIpc) is 2.48. The molecule has 1 atom stereocenters. The van der Waals surface area contributed by atoms with E-state index in [9.17, 15) is 4.39 Å². The van der Waals surface area contributed by atoms with Gasteiger partial charge in [-0.15, -0.1) is 0 Å². The van der Waals surface area contributed by atoms with Gasteiger partial charge >= 0.3 is 0 Å². The molecule has 0 spiro atoms. The second-order valence-corrected chi connectivity index (χ2v) is 5.89. The number of halogens is 3. The minimum atomic E-state index is -0.306. The summed E-state index contributed by atoms with van der Waals surface area (Å²) in [6.45, 7) is 2.67. The molecule has 2 aromatic rings. The highest BCUT2D eigenvalue weighted by molar-refractivity contribution is 9.10. The quantitative estimate of drug-likeness (QED) is 0.802. The van der Waals surface area contributed by atoms with Crippen molar-refractivity contribution in [1.29, 1.82) is 0 Å². The molecule has 0 aliphatic carbocycles. The van der Waals surface area contributed by atoms with E-state index in [-0.39, 0.29) is 11.9 Å². The number of hydrogen-bond acceptors (Lipinski definition) is 2. The van der Waals surface area contributed by atoms with E-state index in [4.69, 9.17) is 16.3 Å². The summed E-state index contributed by atoms with van der Waals surface area (Å²) in [6, 6.07) is 9.97. The largest absolute Gasteiger partial charge is 0.496 e. The van der Waals surface area contributed by atoms with Crippen molar-refractivity contribution >= 4 is 27.5 Å². The third kappa shape index (κ3) is 3.76. The van der Waals surface area contributed by atoms with Crippen molar-refractivity contribution in [3.05, 3.63) is 62.8 Å². The molecule has 0 bridgehead atoms. The summed E-state index contributed by atoms with van der Waals surface area (Å²) in [4.78, 5) is 0. The van der Waals surface area contributed by atoms with Crippen molar-refractivity contribution in [3.8, 4) is 5.75 Å². The second-order valence-electron chi connectivity index (χ2n) is 4.54. The number of hydrogen-bond donors (Lipinski definition) is 1. The van der Waals surface area contributed by atoms with Crippen LogP contribution in [0.4, 0.5) is 4.39 Å². The van der Waals surface area contributed by atoms with Gasteiger partial charge in [0.25, 0.3) is 0 Å². The Balaban J connectivity index is 2.55. The van der Waals surface area contributed by atoms with Crippen LogP contribution in [0.3, 0.4) is 0 Å². The van der Waals surface area contributed by atoms with Crippen LogP contribution in [0.5, 0.6) is 5.75 Å². The molecule has 21 heavy (non-hydrogen) atoms. The molecule has 1 unspecified atom stereocenters. The Kier molecular flexibility index (Phi) is 5.62. The van der Waals surface area contributed by atoms with E-state index >= 15 is 0 Å². The predicted octanol–water partition coefficient (Wildman–Crippen LogP) is 4.95. The lowest BCUT2D eigenvalue weighted by Gasteiger charge is -2.22. The Morgan fingerprint density at radius 2 is 2.00 bits per heavy atom. The van der Waals surface area contributed by atoms with Crippen LogP contribution in [0.15, 0.2) is 40.9 Å². The molecule has 1 N–H and O–H groups in total. The number of methoxy groups -OCH3 is 1. The molecular formula is C16H16BrClFNO. The molecule has 0 fully saturated rings. The Morgan fingerprint density at radius 3 is 2.67 bits per heavy atom. The fourth-order valence-electron chi connectivity index (χ4n) is 2.25. The third-order valence-electron chi connectivity index (χ3n) is 3.18. The van der Waals surface area contributed by atoms with Crippen LogP contribution < -0.4 is 10.1 Å². The average molecular weight is 373 g/mol. The molecule has 0 aromatic heterocycles. The zero-order valence-electron chi connectivity index (χ0n) is 11.8. The van der Waals surface area contributed by atoms with Gasteiger partial charge in [0, 0.05) is 20.6 Å². The Labute approximate surface area is 137 Å². The van der Waals surface area contributed by atoms with E-state index in [2.05, 4.69) is 21.2 Å². The highest BCUT2D eigenvalue weighted by Crippen LogP contribution is 2.34. The van der Waals surface area contributed by atoms with Gasteiger partial charge in [0.1, 0.15) is 11.6 Å². The summed E-state index contributed by atoms with van der Waals surface area (Å²) in [5, 5.41) is 3.88. The van der Waals surface area contributed by atoms with Gasteiger partial charge in [0.2, 0.25) is 0 Å². The monoisotopic (exact) mass is 371 g/mol. The first kappa shape index (κ1) is 16.3. The molecule has 2 aromatic carbocycles. The maximum Gasteiger partial charge on any atom is 0.128 e. The summed E-state index contributed by atoms with van der Waals surface area (Å²) in [5.41, 5.74) is 1.41. The van der Waals surface area contributed by atoms with Crippen LogP contribution in [0.25, 0.3) is 0 Å². The molecule has 0 radical (unpaired) electrons. The Morgan fingerprint density at radius 1 is 1.24 bits per heavy atom. The predicted molar refractivity (Wildman–Crippen MR) is 87.6 cm³/mol. The highest BCUT2D eigenvalue weighted by Gasteiger charge is 2.21. The summed E-state index contributed by atoms with van der Waals surface area (Å²) in [7, 11) is 1.58. The van der Waals surface area contributed by atoms with Crippen molar-refractivity contribution in [2.24, 2.45) is 0 Å². The zero-order chi connectivity index (χ0) is 15.4. The fourth-order valence-corrected chi connectivity index (χ4v) is 2.79. The highest BCUT2D eigenvalue weighted by atomic mass is 79.9. The molecule has 2 nitrogen and oxygen atoms in total. The topological polar surface area (TPSA) is 21.3 Å². The number of rotatable bonds is 5. The maximum absolute atomic E-state index is 14.2. The number of benzene rings is 2. The Hall–Kier alpha value is -1.10. The van der Waals surface area contributed by atoms with Crippen LogP contribution in [-0.2, 0) is 0 Å². The first-order valence-corrected chi connectivity index (χ1v) is 7.75. The molecule has 0 aliphatic heterocycles. The van der Waals surface area contributed by atoms with Crippen molar-refractivity contribution in [2.75, 3.05) is 13.7 Å². The van der Waals surface area contributed by atoms with Crippen molar-refractivity contribution in [2.45, 2.75) is 13.0 Å². The van der Waals surface area contributed by atoms with Gasteiger partial charge < -0.3 is 10.1 Å². The molecular weight excluding hydrogens is 357 g/mol. The normalized spacial score (nSPS) is 12.2. The van der Waals surface area contributed by atoms with E-state index in [1.54, 1.807) is 31.4 Å². The summed E-state index contributed by atoms with van der Waals surface area (Å²) in [5.74, 6) is 0.369. The van der Waals surface area contributed by atoms with Gasteiger partial charge in [-0.1, -0.05) is 40.5 Å². The lowest BCUT2D eigenvalue weighted by molar-refractivity contribution is 0.403. The van der Waals surface area contributed by atoms with Gasteiger partial charge in [-0.3, -0.25) is 0 Å². The molecule has 5 heteroatoms. The summed E-state index contributed by atoms with van der Waals surface area (Å²) >= 11 is 9.39. The minimum Gasteiger partial charge on any atom is -0.496 e. The van der Waals surface area contributed by atoms with Gasteiger partial charge in [0.05, 0.1) is 13.2 Å². The Bertz CT molecular complexity index is 636. The number of nitrogens with one attached hydrogen (secondary N) is 1. The summed E-state index contributed by atoms with van der Waals surface area (Å²) < 4.78 is 20.4. The van der Waals surface area contributed by atoms with Gasteiger partial charge in [-0.05, 0) is 36.9 Å². The lowest BCUT2D eigenvalue weighted by Crippen LogP contribution is -2.23. The van der Waals surface area contributed by atoms with Crippen molar-refractivity contribution in [3.63, 3.8) is 0 Å². The van der Waals surface area contributed by atoms with Gasteiger partial charge in [-0.25, -0.2) is 4.39 Å². The smallest absolute Gasteiger partial charge is 0.128 e. The van der Waals surface area contributed by atoms with Crippen LogP contribution >= 0.6 is 27.5 Å². The van der Waals surface area contributed by atoms with Crippen molar-refractivity contribution < 1.29 is 9.13 Å². The number of ether oxygens (including phenoxy) is 1. The molecule has 0 aliphatic rings. The SMILES string of the molecule is CCNC(c1cc(Br)ccc1F)c1ccc(Cl)cc1OC. The van der Waals surface area contributed by atoms with E-state index in [0.717, 1.165) is 10.0 Å². The molecule has 0 saturated carbocycles. The van der Waals surface area contributed by atoms with E-state index in [0.29, 0.717) is 22.9 Å². The van der Waals surface area contributed by atoms with E-state index < -0.39 is 0 Å². The molecule has 2 rings (SSSR count). The van der Waals surface area contributed by atoms with Crippen LogP contribution in [0.1, 0.15) is 24.1 Å². The molecule has 0 saturated heterocycles. The summed E-state index contributed by atoms with van der Waals surface area (Å²) in [6.07, 6.45) is 0. The fraction of sp³-hybridized carbons (Fsp3) is 0.250. The van der Waals surface area contributed by atoms with Gasteiger partial charge in [0.15, 0.2) is 0 Å². The first-order valence-electron chi connectivity index (χ1n) is 6.58. The van der Waals surface area contributed by atoms with Crippen molar-refractivity contribution in [1.82, 2.24) is 5.32 Å². The maximum atomic E-state index is 14.2. The zero-order valence-corrected chi connectivity index (χ0v) is 14.1. The van der Waals surface area contributed by atoms with E-state index in [1.807, 2.05) is 13.0 Å². The van der Waals surface area contributed by atoms with E-state index in [1.165, 1.54) is 6.07 Å². The lowest BCUT2D eigenvalue weighted by atomic mass is 9.97. The first-order chi connectivity index (χ1) is 10.1. The molecule has 112 valence electrons. The van der Waals surface area contributed by atoms with Crippen LogP contribution in [0.2, 0.25) is 5.02 Å². The minimum absolute atomic E-state index is 0.263. The molecule has 0 amide bonds. The molecule has 0 heterocycles. The standard InChI is InChI=1S/C16H16BrClFNO/c1-3-20-16(13-8-10(17)4-7-14(13)19)12-6-5-11(18)9-15(12)21-2/h4-9,16,20H,3H2,1-2H3. The third-order valence-corrected chi connectivity index (χ3v) is 3.91. The van der Waals surface area contributed by atoms with Crippen LogP contribution in [-0.4, -0.2) is 13.7 Å². The second kappa shape index (κ2) is 7.25. The van der Waals surface area contributed by atoms with Crippen LogP contribution in [0, 0.1) is 5.82 Å². The van der Waals surface area contributed by atoms with Gasteiger partial charge in [-0.2, -0.15) is 0 Å².